The second-order valence-electron chi connectivity index (χ2n) is 4.80. The number of hydrogen-bond acceptors (Lipinski definition) is 1. The molecule has 1 heteroatoms. The average Bonchev–Trinajstić information content (AvgIpc) is 2.78. The molecule has 0 amide bonds. The monoisotopic (exact) mass is 223 g/mol. The van der Waals surface area contributed by atoms with E-state index in [9.17, 15) is 0 Å². The van der Waals surface area contributed by atoms with Crippen LogP contribution in [0.5, 0.6) is 0 Å². The Morgan fingerprint density at radius 3 is 2.76 bits per heavy atom. The van der Waals surface area contributed by atoms with Crippen molar-refractivity contribution in [1.29, 1.82) is 0 Å². The Balaban J connectivity index is 1.98. The summed E-state index contributed by atoms with van der Waals surface area (Å²) in [5.74, 6) is 0. The Kier molecular flexibility index (Phi) is 2.60. The molecule has 0 aromatic heterocycles. The van der Waals surface area contributed by atoms with E-state index in [-0.39, 0.29) is 0 Å². The van der Waals surface area contributed by atoms with Gasteiger partial charge < -0.3 is 5.32 Å². The fourth-order valence-corrected chi connectivity index (χ4v) is 2.64. The molecule has 86 valence electrons. The lowest BCUT2D eigenvalue weighted by Gasteiger charge is -2.10. The molecule has 2 aromatic carbocycles. The minimum atomic E-state index is 1.03. The second kappa shape index (κ2) is 4.25. The molecule has 17 heavy (non-hydrogen) atoms. The normalized spacial score (nSPS) is 13.2. The van der Waals surface area contributed by atoms with Gasteiger partial charge in [-0.1, -0.05) is 48.0 Å². The number of nitrogens with one attached hydrogen (secondary N) is 1. The van der Waals surface area contributed by atoms with Gasteiger partial charge in [0.2, 0.25) is 0 Å². The SMILES string of the molecule is Cc1cc2c(c(Cc3ccccc3)c1)NCC2. The number of anilines is 1. The molecule has 1 aliphatic heterocycles. The molecule has 3 rings (SSSR count). The van der Waals surface area contributed by atoms with Crippen LogP contribution in [0.4, 0.5) is 5.69 Å². The Morgan fingerprint density at radius 2 is 1.94 bits per heavy atom. The summed E-state index contributed by atoms with van der Waals surface area (Å²) in [6.07, 6.45) is 2.19. The molecule has 0 aliphatic carbocycles. The van der Waals surface area contributed by atoms with Crippen molar-refractivity contribution in [2.75, 3.05) is 11.9 Å². The van der Waals surface area contributed by atoms with Crippen LogP contribution in [-0.2, 0) is 12.8 Å². The van der Waals surface area contributed by atoms with Crippen molar-refractivity contribution in [2.24, 2.45) is 0 Å². The third-order valence-corrected chi connectivity index (χ3v) is 3.38. The Bertz CT molecular complexity index is 529. The third-order valence-electron chi connectivity index (χ3n) is 3.38. The van der Waals surface area contributed by atoms with E-state index < -0.39 is 0 Å². The molecular weight excluding hydrogens is 206 g/mol. The molecule has 0 unspecified atom stereocenters. The summed E-state index contributed by atoms with van der Waals surface area (Å²) in [5.41, 5.74) is 7.05. The average molecular weight is 223 g/mol. The van der Waals surface area contributed by atoms with Crippen LogP contribution in [0, 0.1) is 6.92 Å². The lowest BCUT2D eigenvalue weighted by atomic mass is 9.98. The summed E-state index contributed by atoms with van der Waals surface area (Å²) >= 11 is 0. The number of fused-ring (bicyclic) bond motifs is 1. The molecule has 1 heterocycles. The molecule has 0 bridgehead atoms. The highest BCUT2D eigenvalue weighted by Crippen LogP contribution is 2.29. The summed E-state index contributed by atoms with van der Waals surface area (Å²) < 4.78 is 0. The number of hydrogen-bond donors (Lipinski definition) is 1. The van der Waals surface area contributed by atoms with E-state index in [1.165, 1.54) is 34.4 Å². The molecule has 1 aliphatic rings. The molecule has 0 saturated heterocycles. The van der Waals surface area contributed by atoms with E-state index in [2.05, 4.69) is 54.7 Å². The van der Waals surface area contributed by atoms with Crippen molar-refractivity contribution in [3.8, 4) is 0 Å². The predicted octanol–water partition coefficient (Wildman–Crippen LogP) is 3.55. The predicted molar refractivity (Wildman–Crippen MR) is 72.6 cm³/mol. The largest absolute Gasteiger partial charge is 0.384 e. The van der Waals surface area contributed by atoms with Gasteiger partial charge in [-0.3, -0.25) is 0 Å². The molecular formula is C16H17N. The van der Waals surface area contributed by atoms with Crippen molar-refractivity contribution in [2.45, 2.75) is 19.8 Å². The van der Waals surface area contributed by atoms with Crippen LogP contribution in [0.3, 0.4) is 0 Å². The summed E-state index contributed by atoms with van der Waals surface area (Å²) in [6.45, 7) is 3.27. The maximum atomic E-state index is 3.52. The highest BCUT2D eigenvalue weighted by Gasteiger charge is 2.14. The summed E-state index contributed by atoms with van der Waals surface area (Å²) in [7, 11) is 0. The minimum Gasteiger partial charge on any atom is -0.384 e. The molecule has 0 atom stereocenters. The Hall–Kier alpha value is -1.76. The van der Waals surface area contributed by atoms with Crippen LogP contribution in [0.2, 0.25) is 0 Å². The first-order valence-corrected chi connectivity index (χ1v) is 6.23. The van der Waals surface area contributed by atoms with E-state index in [1.807, 2.05) is 0 Å². The van der Waals surface area contributed by atoms with E-state index in [1.54, 1.807) is 0 Å². The fourth-order valence-electron chi connectivity index (χ4n) is 2.64. The van der Waals surface area contributed by atoms with Crippen molar-refractivity contribution in [3.05, 3.63) is 64.7 Å². The van der Waals surface area contributed by atoms with E-state index in [0.717, 1.165) is 13.0 Å². The van der Waals surface area contributed by atoms with Gasteiger partial charge in [-0.2, -0.15) is 0 Å². The van der Waals surface area contributed by atoms with Gasteiger partial charge in [0.25, 0.3) is 0 Å². The topological polar surface area (TPSA) is 12.0 Å². The molecule has 1 N–H and O–H groups in total. The maximum absolute atomic E-state index is 3.52. The highest BCUT2D eigenvalue weighted by atomic mass is 14.9. The second-order valence-corrected chi connectivity index (χ2v) is 4.80. The van der Waals surface area contributed by atoms with Gasteiger partial charge in [-0.25, -0.2) is 0 Å². The zero-order valence-electron chi connectivity index (χ0n) is 10.2. The van der Waals surface area contributed by atoms with E-state index >= 15 is 0 Å². The molecule has 0 fully saturated rings. The Morgan fingerprint density at radius 1 is 1.12 bits per heavy atom. The van der Waals surface area contributed by atoms with Crippen molar-refractivity contribution in [1.82, 2.24) is 0 Å². The van der Waals surface area contributed by atoms with Gasteiger partial charge in [0.05, 0.1) is 0 Å². The van der Waals surface area contributed by atoms with E-state index in [4.69, 9.17) is 0 Å². The van der Waals surface area contributed by atoms with Gasteiger partial charge in [0.15, 0.2) is 0 Å². The number of benzene rings is 2. The first kappa shape index (κ1) is 10.4. The van der Waals surface area contributed by atoms with Crippen molar-refractivity contribution < 1.29 is 0 Å². The maximum Gasteiger partial charge on any atom is 0.0409 e. The molecule has 0 spiro atoms. The smallest absolute Gasteiger partial charge is 0.0409 e. The van der Waals surface area contributed by atoms with Crippen LogP contribution in [0.1, 0.15) is 22.3 Å². The van der Waals surface area contributed by atoms with Gasteiger partial charge in [-0.15, -0.1) is 0 Å². The van der Waals surface area contributed by atoms with Crippen molar-refractivity contribution >= 4 is 5.69 Å². The highest BCUT2D eigenvalue weighted by molar-refractivity contribution is 5.63. The summed E-state index contributed by atoms with van der Waals surface area (Å²) in [5, 5.41) is 3.52. The first-order valence-electron chi connectivity index (χ1n) is 6.23. The van der Waals surface area contributed by atoms with E-state index in [0.29, 0.717) is 0 Å². The van der Waals surface area contributed by atoms with Crippen LogP contribution in [-0.4, -0.2) is 6.54 Å². The van der Waals surface area contributed by atoms with Crippen LogP contribution in [0.15, 0.2) is 42.5 Å². The quantitative estimate of drug-likeness (QED) is 0.821. The number of aryl methyl sites for hydroxylation is 1. The van der Waals surface area contributed by atoms with Gasteiger partial charge in [-0.05, 0) is 36.5 Å². The van der Waals surface area contributed by atoms with Gasteiger partial charge in [0.1, 0.15) is 0 Å². The number of rotatable bonds is 2. The minimum absolute atomic E-state index is 1.03. The fraction of sp³-hybridized carbons (Fsp3) is 0.250. The Labute approximate surface area is 102 Å². The molecule has 1 nitrogen and oxygen atoms in total. The third kappa shape index (κ3) is 2.05. The zero-order chi connectivity index (χ0) is 11.7. The van der Waals surface area contributed by atoms with Gasteiger partial charge in [0, 0.05) is 12.2 Å². The van der Waals surface area contributed by atoms with Gasteiger partial charge >= 0.3 is 0 Å². The molecule has 0 radical (unpaired) electrons. The first-order chi connectivity index (χ1) is 8.33. The molecule has 2 aromatic rings. The summed E-state index contributed by atoms with van der Waals surface area (Å²) in [4.78, 5) is 0. The lowest BCUT2D eigenvalue weighted by molar-refractivity contribution is 1.10. The molecule has 0 saturated carbocycles. The van der Waals surface area contributed by atoms with Crippen molar-refractivity contribution in [3.63, 3.8) is 0 Å². The summed E-state index contributed by atoms with van der Waals surface area (Å²) in [6, 6.07) is 15.3. The van der Waals surface area contributed by atoms with Crippen LogP contribution in [0.25, 0.3) is 0 Å². The zero-order valence-corrected chi connectivity index (χ0v) is 10.2. The standard InChI is InChI=1S/C16H17N/c1-12-9-14-7-8-17-16(14)15(10-12)11-13-5-3-2-4-6-13/h2-6,9-10,17H,7-8,11H2,1H3. The van der Waals surface area contributed by atoms with Crippen LogP contribution >= 0.6 is 0 Å². The lowest BCUT2D eigenvalue weighted by Crippen LogP contribution is -1.97. The van der Waals surface area contributed by atoms with Crippen LogP contribution < -0.4 is 5.32 Å².